The van der Waals surface area contributed by atoms with Crippen molar-refractivity contribution in [2.45, 2.75) is 21.4 Å². The van der Waals surface area contributed by atoms with E-state index in [1.54, 1.807) is 41.1 Å². The minimum atomic E-state index is 0.740. The summed E-state index contributed by atoms with van der Waals surface area (Å²) in [6.07, 6.45) is 1.80. The first kappa shape index (κ1) is 15.1. The van der Waals surface area contributed by atoms with Crippen LogP contribution < -0.4 is 0 Å². The standard InChI is InChI=1S/C14H12ClN3S3/c1-2-19-13-17-18-14(21-13)20-8-9-5-6-11(15)10-4-3-7-16-12(9)10/h3-7H,2,8H2,1H3. The summed E-state index contributed by atoms with van der Waals surface area (Å²) in [5.41, 5.74) is 2.13. The molecule has 0 saturated carbocycles. The lowest BCUT2D eigenvalue weighted by Crippen LogP contribution is -1.88. The Bertz CT molecular complexity index is 760. The van der Waals surface area contributed by atoms with Crippen molar-refractivity contribution < 1.29 is 0 Å². The van der Waals surface area contributed by atoms with E-state index < -0.39 is 0 Å². The number of benzene rings is 1. The molecule has 0 aliphatic heterocycles. The van der Waals surface area contributed by atoms with Gasteiger partial charge in [-0.2, -0.15) is 0 Å². The Morgan fingerprint density at radius 1 is 1.14 bits per heavy atom. The van der Waals surface area contributed by atoms with Crippen LogP contribution in [0.4, 0.5) is 0 Å². The maximum absolute atomic E-state index is 6.21. The van der Waals surface area contributed by atoms with Gasteiger partial charge in [-0.25, -0.2) is 0 Å². The Labute approximate surface area is 140 Å². The molecule has 2 heterocycles. The summed E-state index contributed by atoms with van der Waals surface area (Å²) in [6.45, 7) is 2.12. The Balaban J connectivity index is 1.80. The van der Waals surface area contributed by atoms with Crippen molar-refractivity contribution in [1.29, 1.82) is 0 Å². The largest absolute Gasteiger partial charge is 0.256 e. The molecule has 0 radical (unpaired) electrons. The minimum absolute atomic E-state index is 0.740. The zero-order chi connectivity index (χ0) is 14.7. The van der Waals surface area contributed by atoms with Crippen molar-refractivity contribution >= 4 is 57.4 Å². The molecule has 0 aliphatic carbocycles. The SMILES string of the molecule is CCSc1nnc(SCc2ccc(Cl)c3cccnc23)s1. The Morgan fingerprint density at radius 3 is 2.76 bits per heavy atom. The van der Waals surface area contributed by atoms with Crippen LogP contribution in [0.25, 0.3) is 10.9 Å². The second-order valence-electron chi connectivity index (χ2n) is 4.16. The monoisotopic (exact) mass is 353 g/mol. The fourth-order valence-corrected chi connectivity index (χ4v) is 5.01. The van der Waals surface area contributed by atoms with E-state index in [0.29, 0.717) is 0 Å². The highest BCUT2D eigenvalue weighted by molar-refractivity contribution is 8.02. The fraction of sp³-hybridized carbons (Fsp3) is 0.214. The summed E-state index contributed by atoms with van der Waals surface area (Å²) in [5, 5.41) is 10.1. The van der Waals surface area contributed by atoms with Crippen molar-refractivity contribution in [3.63, 3.8) is 0 Å². The van der Waals surface area contributed by atoms with Crippen molar-refractivity contribution in [3.05, 3.63) is 41.0 Å². The lowest BCUT2D eigenvalue weighted by molar-refractivity contribution is 0.954. The number of pyridine rings is 1. The summed E-state index contributed by atoms with van der Waals surface area (Å²) in [5.74, 6) is 1.83. The average Bonchev–Trinajstić information content (AvgIpc) is 2.95. The van der Waals surface area contributed by atoms with Gasteiger partial charge in [0.05, 0.1) is 5.52 Å². The third kappa shape index (κ3) is 3.51. The number of hydrogen-bond donors (Lipinski definition) is 0. The number of rotatable bonds is 5. The summed E-state index contributed by atoms with van der Waals surface area (Å²) in [7, 11) is 0. The van der Waals surface area contributed by atoms with Gasteiger partial charge in [-0.3, -0.25) is 4.98 Å². The highest BCUT2D eigenvalue weighted by Gasteiger charge is 2.09. The lowest BCUT2D eigenvalue weighted by atomic mass is 10.1. The first-order chi connectivity index (χ1) is 10.3. The smallest absolute Gasteiger partial charge is 0.175 e. The van der Waals surface area contributed by atoms with Gasteiger partial charge in [-0.15, -0.1) is 10.2 Å². The van der Waals surface area contributed by atoms with E-state index in [9.17, 15) is 0 Å². The molecule has 0 saturated heterocycles. The maximum Gasteiger partial charge on any atom is 0.175 e. The van der Waals surface area contributed by atoms with Crippen molar-refractivity contribution in [2.75, 3.05) is 5.75 Å². The van der Waals surface area contributed by atoms with Gasteiger partial charge in [-0.05, 0) is 29.5 Å². The summed E-state index contributed by atoms with van der Waals surface area (Å²) in [6, 6.07) is 7.87. The molecule has 3 aromatic rings. The Kier molecular flexibility index (Phi) is 5.00. The molecule has 2 aromatic heterocycles. The molecule has 3 rings (SSSR count). The van der Waals surface area contributed by atoms with Gasteiger partial charge in [0.25, 0.3) is 0 Å². The van der Waals surface area contributed by atoms with Gasteiger partial charge in [0.15, 0.2) is 8.68 Å². The van der Waals surface area contributed by atoms with Crippen LogP contribution >= 0.6 is 46.5 Å². The van der Waals surface area contributed by atoms with E-state index in [-0.39, 0.29) is 0 Å². The first-order valence-electron chi connectivity index (χ1n) is 6.39. The second kappa shape index (κ2) is 6.96. The van der Waals surface area contributed by atoms with Crippen LogP contribution in [0.3, 0.4) is 0 Å². The Morgan fingerprint density at radius 2 is 1.95 bits per heavy atom. The number of aromatic nitrogens is 3. The summed E-state index contributed by atoms with van der Waals surface area (Å²) >= 11 is 11.3. The van der Waals surface area contributed by atoms with E-state index in [1.165, 1.54) is 5.56 Å². The molecular formula is C14H12ClN3S3. The van der Waals surface area contributed by atoms with E-state index >= 15 is 0 Å². The topological polar surface area (TPSA) is 38.7 Å². The molecule has 7 heteroatoms. The molecule has 0 N–H and O–H groups in total. The zero-order valence-electron chi connectivity index (χ0n) is 11.2. The molecule has 1 aromatic carbocycles. The van der Waals surface area contributed by atoms with Crippen LogP contribution in [0, 0.1) is 0 Å². The van der Waals surface area contributed by atoms with Gasteiger partial charge in [0.2, 0.25) is 0 Å². The lowest BCUT2D eigenvalue weighted by Gasteiger charge is -2.05. The van der Waals surface area contributed by atoms with Crippen LogP contribution in [0.1, 0.15) is 12.5 Å². The van der Waals surface area contributed by atoms with Gasteiger partial charge in [0, 0.05) is 22.4 Å². The number of hydrogen-bond acceptors (Lipinski definition) is 6. The molecule has 0 aliphatic rings. The highest BCUT2D eigenvalue weighted by Crippen LogP contribution is 2.33. The van der Waals surface area contributed by atoms with Gasteiger partial charge in [-0.1, -0.05) is 59.5 Å². The maximum atomic E-state index is 6.21. The third-order valence-electron chi connectivity index (χ3n) is 2.81. The van der Waals surface area contributed by atoms with Crippen molar-refractivity contribution in [1.82, 2.24) is 15.2 Å². The van der Waals surface area contributed by atoms with Crippen LogP contribution in [0.15, 0.2) is 39.1 Å². The molecule has 0 bridgehead atoms. The number of nitrogens with zero attached hydrogens (tertiary/aromatic N) is 3. The highest BCUT2D eigenvalue weighted by atomic mass is 35.5. The zero-order valence-corrected chi connectivity index (χ0v) is 14.5. The van der Waals surface area contributed by atoms with Crippen LogP contribution in [0.5, 0.6) is 0 Å². The van der Waals surface area contributed by atoms with E-state index in [2.05, 4.69) is 22.1 Å². The number of fused-ring (bicyclic) bond motifs is 1. The van der Waals surface area contributed by atoms with Gasteiger partial charge < -0.3 is 0 Å². The predicted octanol–water partition coefficient (Wildman–Crippen LogP) is 5.14. The number of thioether (sulfide) groups is 2. The quantitative estimate of drug-likeness (QED) is 0.593. The minimum Gasteiger partial charge on any atom is -0.256 e. The predicted molar refractivity (Wildman–Crippen MR) is 92.6 cm³/mol. The second-order valence-corrected chi connectivity index (χ2v) is 8.28. The normalized spacial score (nSPS) is 11.1. The third-order valence-corrected chi connectivity index (χ3v) is 6.26. The molecule has 0 unspecified atom stereocenters. The molecular weight excluding hydrogens is 342 g/mol. The summed E-state index contributed by atoms with van der Waals surface area (Å²) < 4.78 is 2.02. The van der Waals surface area contributed by atoms with Crippen LogP contribution in [-0.4, -0.2) is 20.9 Å². The number of halogens is 1. The molecule has 0 fully saturated rings. The van der Waals surface area contributed by atoms with E-state index in [1.807, 2.05) is 24.3 Å². The van der Waals surface area contributed by atoms with Crippen molar-refractivity contribution in [3.8, 4) is 0 Å². The van der Waals surface area contributed by atoms with Crippen molar-refractivity contribution in [2.24, 2.45) is 0 Å². The Hall–Kier alpha value is -0.820. The fourth-order valence-electron chi connectivity index (χ4n) is 1.89. The first-order valence-corrected chi connectivity index (χ1v) is 9.55. The van der Waals surface area contributed by atoms with Crippen LogP contribution in [-0.2, 0) is 5.75 Å². The molecule has 21 heavy (non-hydrogen) atoms. The summed E-state index contributed by atoms with van der Waals surface area (Å²) in [4.78, 5) is 4.45. The van der Waals surface area contributed by atoms with Gasteiger partial charge in [0.1, 0.15) is 0 Å². The van der Waals surface area contributed by atoms with E-state index in [4.69, 9.17) is 11.6 Å². The molecule has 3 nitrogen and oxygen atoms in total. The van der Waals surface area contributed by atoms with Gasteiger partial charge >= 0.3 is 0 Å². The average molecular weight is 354 g/mol. The molecule has 108 valence electrons. The molecule has 0 atom stereocenters. The van der Waals surface area contributed by atoms with E-state index in [0.717, 1.165) is 36.1 Å². The van der Waals surface area contributed by atoms with Crippen LogP contribution in [0.2, 0.25) is 5.02 Å². The molecule has 0 spiro atoms. The molecule has 0 amide bonds.